The molecule has 0 amide bonds. The summed E-state index contributed by atoms with van der Waals surface area (Å²) in [7, 11) is 1.77. The number of benzene rings is 1. The summed E-state index contributed by atoms with van der Waals surface area (Å²) in [6.45, 7) is 1.88. The fourth-order valence-electron chi connectivity index (χ4n) is 2.62. The van der Waals surface area contributed by atoms with Crippen molar-refractivity contribution >= 4 is 17.4 Å². The lowest BCUT2D eigenvalue weighted by molar-refractivity contribution is 0.768. The Bertz CT molecular complexity index is 1070. The maximum absolute atomic E-state index is 9.76. The van der Waals surface area contributed by atoms with E-state index >= 15 is 0 Å². The molecule has 2 heterocycles. The molecule has 0 spiro atoms. The van der Waals surface area contributed by atoms with E-state index in [0.29, 0.717) is 27.4 Å². The van der Waals surface area contributed by atoms with Gasteiger partial charge >= 0.3 is 0 Å². The molecule has 3 rings (SSSR count). The minimum absolute atomic E-state index is 0.0621. The van der Waals surface area contributed by atoms with Crippen molar-refractivity contribution in [1.82, 2.24) is 14.8 Å². The Morgan fingerprint density at radius 3 is 2.44 bits per heavy atom. The number of halogens is 1. The fourth-order valence-corrected chi connectivity index (χ4v) is 2.80. The van der Waals surface area contributed by atoms with Crippen molar-refractivity contribution in [2.45, 2.75) is 6.92 Å². The number of rotatable bonds is 2. The lowest BCUT2D eigenvalue weighted by Crippen LogP contribution is -2.03. The molecule has 3 aromatic rings. The number of nitriles is 2. The third kappa shape index (κ3) is 2.80. The van der Waals surface area contributed by atoms with Crippen LogP contribution in [0.3, 0.4) is 0 Å². The van der Waals surface area contributed by atoms with Gasteiger partial charge in [-0.25, -0.2) is 4.98 Å². The predicted octanol–water partition coefficient (Wildman–Crippen LogP) is 3.44. The van der Waals surface area contributed by atoms with E-state index in [9.17, 15) is 10.5 Å². The molecule has 0 bridgehead atoms. The molecule has 122 valence electrons. The van der Waals surface area contributed by atoms with Crippen molar-refractivity contribution in [3.63, 3.8) is 0 Å². The Morgan fingerprint density at radius 2 is 1.88 bits per heavy atom. The van der Waals surface area contributed by atoms with Crippen LogP contribution in [-0.4, -0.2) is 14.8 Å². The molecule has 0 aliphatic carbocycles. The average molecular weight is 349 g/mol. The lowest BCUT2D eigenvalue weighted by Gasteiger charge is -2.13. The third-order valence-electron chi connectivity index (χ3n) is 3.89. The topological polar surface area (TPSA) is 104 Å². The van der Waals surface area contributed by atoms with E-state index in [1.54, 1.807) is 30.2 Å². The molecule has 0 aliphatic rings. The molecule has 25 heavy (non-hydrogen) atoms. The van der Waals surface area contributed by atoms with Gasteiger partial charge in [0.15, 0.2) is 0 Å². The van der Waals surface area contributed by atoms with Crippen molar-refractivity contribution in [3.8, 4) is 34.5 Å². The van der Waals surface area contributed by atoms with E-state index < -0.39 is 0 Å². The lowest BCUT2D eigenvalue weighted by atomic mass is 9.93. The number of anilines is 1. The number of nitrogens with two attached hydrogens (primary N) is 1. The van der Waals surface area contributed by atoms with Gasteiger partial charge in [-0.05, 0) is 24.1 Å². The highest BCUT2D eigenvalue weighted by Gasteiger charge is 2.22. The van der Waals surface area contributed by atoms with Gasteiger partial charge in [-0.1, -0.05) is 23.7 Å². The quantitative estimate of drug-likeness (QED) is 0.763. The van der Waals surface area contributed by atoms with E-state index in [1.807, 2.05) is 19.1 Å². The average Bonchev–Trinajstić information content (AvgIpc) is 3.02. The standard InChI is InChI=1S/C18H13ClN6/c1-10-3-4-11(5-15(10)19)16-13(6-20)17(12-8-23-25(2)9-12)24-18(22)14(16)7-21/h3-5,8-9H,1-2H3,(H2,22,24). The van der Waals surface area contributed by atoms with Gasteiger partial charge in [0, 0.05) is 29.4 Å². The molecule has 2 N–H and O–H groups in total. The highest BCUT2D eigenvalue weighted by molar-refractivity contribution is 6.31. The molecule has 7 heteroatoms. The van der Waals surface area contributed by atoms with Gasteiger partial charge in [-0.15, -0.1) is 0 Å². The predicted molar refractivity (Wildman–Crippen MR) is 95.5 cm³/mol. The summed E-state index contributed by atoms with van der Waals surface area (Å²) in [5.74, 6) is 0.0621. The monoisotopic (exact) mass is 348 g/mol. The zero-order valence-corrected chi connectivity index (χ0v) is 14.3. The molecule has 0 radical (unpaired) electrons. The van der Waals surface area contributed by atoms with Crippen LogP contribution in [0.1, 0.15) is 16.7 Å². The van der Waals surface area contributed by atoms with Gasteiger partial charge in [0.1, 0.15) is 23.5 Å². The Morgan fingerprint density at radius 1 is 1.16 bits per heavy atom. The Hall–Kier alpha value is -3.35. The van der Waals surface area contributed by atoms with Crippen molar-refractivity contribution < 1.29 is 0 Å². The van der Waals surface area contributed by atoms with E-state index in [0.717, 1.165) is 5.56 Å². The number of nitrogens with zero attached hydrogens (tertiary/aromatic N) is 5. The minimum Gasteiger partial charge on any atom is -0.383 e. The molecule has 0 unspecified atom stereocenters. The molecule has 2 aromatic heterocycles. The number of aromatic nitrogens is 3. The van der Waals surface area contributed by atoms with Crippen LogP contribution in [0.15, 0.2) is 30.6 Å². The normalized spacial score (nSPS) is 10.3. The van der Waals surface area contributed by atoms with Crippen LogP contribution in [-0.2, 0) is 7.05 Å². The van der Waals surface area contributed by atoms with Crippen LogP contribution < -0.4 is 5.73 Å². The van der Waals surface area contributed by atoms with Crippen LogP contribution in [0.25, 0.3) is 22.4 Å². The van der Waals surface area contributed by atoms with Crippen molar-refractivity contribution in [1.29, 1.82) is 10.5 Å². The van der Waals surface area contributed by atoms with Gasteiger partial charge in [0.25, 0.3) is 0 Å². The minimum atomic E-state index is 0.0621. The number of hydrogen-bond donors (Lipinski definition) is 1. The van der Waals surface area contributed by atoms with E-state index in [4.69, 9.17) is 17.3 Å². The third-order valence-corrected chi connectivity index (χ3v) is 4.29. The van der Waals surface area contributed by atoms with Crippen molar-refractivity contribution in [3.05, 3.63) is 52.3 Å². The van der Waals surface area contributed by atoms with Crippen molar-refractivity contribution in [2.24, 2.45) is 7.05 Å². The highest BCUT2D eigenvalue weighted by Crippen LogP contribution is 2.37. The van der Waals surface area contributed by atoms with Crippen molar-refractivity contribution in [2.75, 3.05) is 5.73 Å². The van der Waals surface area contributed by atoms with Crippen LogP contribution >= 0.6 is 11.6 Å². The number of aryl methyl sites for hydroxylation is 2. The molecule has 0 aliphatic heterocycles. The molecular weight excluding hydrogens is 336 g/mol. The smallest absolute Gasteiger partial charge is 0.142 e. The number of hydrogen-bond acceptors (Lipinski definition) is 5. The van der Waals surface area contributed by atoms with E-state index in [2.05, 4.69) is 22.2 Å². The number of pyridine rings is 1. The molecule has 1 aromatic carbocycles. The zero-order valence-electron chi connectivity index (χ0n) is 13.6. The van der Waals surface area contributed by atoms with Gasteiger partial charge in [-0.3, -0.25) is 4.68 Å². The summed E-state index contributed by atoms with van der Waals surface area (Å²) < 4.78 is 1.61. The summed E-state index contributed by atoms with van der Waals surface area (Å²) >= 11 is 6.23. The molecular formula is C18H13ClN6. The summed E-state index contributed by atoms with van der Waals surface area (Å²) in [4.78, 5) is 4.27. The van der Waals surface area contributed by atoms with Crippen LogP contribution in [0.5, 0.6) is 0 Å². The maximum atomic E-state index is 9.76. The second kappa shape index (κ2) is 6.27. The summed E-state index contributed by atoms with van der Waals surface area (Å²) in [5, 5.41) is 24.0. The first-order chi connectivity index (χ1) is 12.0. The Labute approximate surface area is 149 Å². The molecule has 0 saturated carbocycles. The van der Waals surface area contributed by atoms with E-state index in [-0.39, 0.29) is 16.9 Å². The summed E-state index contributed by atoms with van der Waals surface area (Å²) in [6, 6.07) is 9.58. The van der Waals surface area contributed by atoms with Gasteiger partial charge in [0.05, 0.1) is 17.5 Å². The Balaban J connectivity index is 2.40. The summed E-state index contributed by atoms with van der Waals surface area (Å²) in [6.07, 6.45) is 3.33. The van der Waals surface area contributed by atoms with E-state index in [1.165, 1.54) is 0 Å². The summed E-state index contributed by atoms with van der Waals surface area (Å²) in [5.41, 5.74) is 9.43. The zero-order chi connectivity index (χ0) is 18.1. The first-order valence-corrected chi connectivity index (χ1v) is 7.73. The highest BCUT2D eigenvalue weighted by atomic mass is 35.5. The second-order valence-electron chi connectivity index (χ2n) is 5.56. The van der Waals surface area contributed by atoms with Crippen LogP contribution in [0, 0.1) is 29.6 Å². The maximum Gasteiger partial charge on any atom is 0.142 e. The molecule has 0 atom stereocenters. The first kappa shape index (κ1) is 16.5. The number of nitrogen functional groups attached to an aromatic ring is 1. The molecule has 6 nitrogen and oxygen atoms in total. The van der Waals surface area contributed by atoms with Gasteiger partial charge in [-0.2, -0.15) is 15.6 Å². The van der Waals surface area contributed by atoms with Gasteiger partial charge < -0.3 is 5.73 Å². The molecule has 0 saturated heterocycles. The SMILES string of the molecule is Cc1ccc(-c2c(C#N)c(N)nc(-c3cnn(C)c3)c2C#N)cc1Cl. The molecule has 0 fully saturated rings. The fraction of sp³-hybridized carbons (Fsp3) is 0.111. The first-order valence-electron chi connectivity index (χ1n) is 7.35. The largest absolute Gasteiger partial charge is 0.383 e. The Kier molecular flexibility index (Phi) is 4.14. The second-order valence-corrected chi connectivity index (χ2v) is 5.97. The van der Waals surface area contributed by atoms with Gasteiger partial charge in [0.2, 0.25) is 0 Å². The van der Waals surface area contributed by atoms with Crippen LogP contribution in [0.4, 0.5) is 5.82 Å². The van der Waals surface area contributed by atoms with Crippen LogP contribution in [0.2, 0.25) is 5.02 Å².